The van der Waals surface area contributed by atoms with Crippen LogP contribution in [0.4, 0.5) is 10.1 Å². The first-order valence-electron chi connectivity index (χ1n) is 6.64. The molecule has 2 aromatic rings. The molecule has 0 bridgehead atoms. The number of fused-ring (bicyclic) bond motifs is 1. The summed E-state index contributed by atoms with van der Waals surface area (Å²) in [7, 11) is 0. The van der Waals surface area contributed by atoms with Gasteiger partial charge in [0.25, 0.3) is 5.91 Å². The van der Waals surface area contributed by atoms with Gasteiger partial charge in [0.1, 0.15) is 5.82 Å². The Hall–Kier alpha value is -2.34. The first-order valence-corrected chi connectivity index (χ1v) is 7.63. The monoisotopic (exact) mass is 317 g/mol. The lowest BCUT2D eigenvalue weighted by Gasteiger charge is -2.29. The molecule has 0 aromatic heterocycles. The van der Waals surface area contributed by atoms with E-state index in [1.807, 2.05) is 0 Å². The van der Waals surface area contributed by atoms with E-state index in [4.69, 9.17) is 5.11 Å². The van der Waals surface area contributed by atoms with E-state index < -0.39 is 17.7 Å². The topological polar surface area (TPSA) is 57.6 Å². The zero-order chi connectivity index (χ0) is 15.7. The Bertz CT molecular complexity index is 763. The Kier molecular flexibility index (Phi) is 3.85. The fourth-order valence-corrected chi connectivity index (χ4v) is 3.32. The van der Waals surface area contributed by atoms with Gasteiger partial charge in [-0.15, -0.1) is 11.8 Å². The molecule has 1 amide bonds. The van der Waals surface area contributed by atoms with Crippen molar-refractivity contribution in [2.75, 3.05) is 17.2 Å². The molecule has 22 heavy (non-hydrogen) atoms. The van der Waals surface area contributed by atoms with Gasteiger partial charge in [-0.2, -0.15) is 0 Å². The number of carboxylic acid groups (broad SMARTS) is 1. The molecule has 6 heteroatoms. The van der Waals surface area contributed by atoms with Gasteiger partial charge in [-0.05, 0) is 30.3 Å². The summed E-state index contributed by atoms with van der Waals surface area (Å²) in [4.78, 5) is 26.0. The molecule has 0 atom stereocenters. The maximum atomic E-state index is 13.8. The minimum absolute atomic E-state index is 0.0129. The summed E-state index contributed by atoms with van der Waals surface area (Å²) in [5.41, 5.74) is 0.609. The minimum atomic E-state index is -1.06. The molecule has 1 heterocycles. The van der Waals surface area contributed by atoms with Gasteiger partial charge in [0.05, 0.1) is 16.8 Å². The van der Waals surface area contributed by atoms with Gasteiger partial charge in [-0.1, -0.05) is 12.1 Å². The summed E-state index contributed by atoms with van der Waals surface area (Å²) in [5.74, 6) is -1.42. The predicted molar refractivity (Wildman–Crippen MR) is 82.2 cm³/mol. The third-order valence-electron chi connectivity index (χ3n) is 3.42. The standard InChI is InChI=1S/C16H12FNO3S/c17-12-4-2-1-3-11(12)15(19)18-7-8-22-14-6-5-10(16(20)21)9-13(14)18/h1-6,9H,7-8H2,(H,20,21). The van der Waals surface area contributed by atoms with Crippen LogP contribution in [-0.2, 0) is 0 Å². The fraction of sp³-hybridized carbons (Fsp3) is 0.125. The van der Waals surface area contributed by atoms with Crippen LogP contribution >= 0.6 is 11.8 Å². The number of rotatable bonds is 2. The molecule has 2 aromatic carbocycles. The van der Waals surface area contributed by atoms with E-state index in [9.17, 15) is 14.0 Å². The van der Waals surface area contributed by atoms with Crippen LogP contribution in [0.3, 0.4) is 0 Å². The third kappa shape index (κ3) is 2.57. The first kappa shape index (κ1) is 14.6. The number of halogens is 1. The van der Waals surface area contributed by atoms with Gasteiger partial charge in [0.15, 0.2) is 0 Å². The Morgan fingerprint density at radius 3 is 2.68 bits per heavy atom. The molecular weight excluding hydrogens is 305 g/mol. The molecule has 112 valence electrons. The van der Waals surface area contributed by atoms with Crippen LogP contribution in [0.2, 0.25) is 0 Å². The quantitative estimate of drug-likeness (QED) is 0.923. The largest absolute Gasteiger partial charge is 0.478 e. The molecule has 0 fully saturated rings. The van der Waals surface area contributed by atoms with Crippen LogP contribution in [-0.4, -0.2) is 29.3 Å². The van der Waals surface area contributed by atoms with E-state index in [1.54, 1.807) is 23.9 Å². The first-order chi connectivity index (χ1) is 10.6. The number of aromatic carboxylic acids is 1. The maximum absolute atomic E-state index is 13.8. The van der Waals surface area contributed by atoms with E-state index in [1.165, 1.54) is 35.2 Å². The number of carboxylic acids is 1. The molecule has 1 aliphatic rings. The van der Waals surface area contributed by atoms with Crippen molar-refractivity contribution >= 4 is 29.3 Å². The van der Waals surface area contributed by atoms with Crippen molar-refractivity contribution in [3.05, 3.63) is 59.4 Å². The Labute approximate surface area is 130 Å². The number of hydrogen-bond donors (Lipinski definition) is 1. The number of carbonyl (C=O) groups excluding carboxylic acids is 1. The summed E-state index contributed by atoms with van der Waals surface area (Å²) in [5, 5.41) is 9.10. The normalized spacial score (nSPS) is 13.6. The van der Waals surface area contributed by atoms with Crippen LogP contribution in [0.25, 0.3) is 0 Å². The highest BCUT2D eigenvalue weighted by Gasteiger charge is 2.26. The number of carbonyl (C=O) groups is 2. The van der Waals surface area contributed by atoms with Crippen molar-refractivity contribution in [2.45, 2.75) is 4.90 Å². The second-order valence-corrected chi connectivity index (χ2v) is 5.91. The second-order valence-electron chi connectivity index (χ2n) is 4.77. The number of benzene rings is 2. The Morgan fingerprint density at radius 1 is 1.18 bits per heavy atom. The fourth-order valence-electron chi connectivity index (χ4n) is 2.34. The summed E-state index contributed by atoms with van der Waals surface area (Å²) in [6.45, 7) is 0.411. The summed E-state index contributed by atoms with van der Waals surface area (Å²) in [6, 6.07) is 10.4. The van der Waals surface area contributed by atoms with E-state index >= 15 is 0 Å². The Balaban J connectivity index is 2.04. The Morgan fingerprint density at radius 2 is 1.95 bits per heavy atom. The summed E-state index contributed by atoms with van der Waals surface area (Å²) in [6.07, 6.45) is 0. The highest BCUT2D eigenvalue weighted by molar-refractivity contribution is 7.99. The number of thioether (sulfide) groups is 1. The van der Waals surface area contributed by atoms with Crippen LogP contribution in [0.1, 0.15) is 20.7 Å². The summed E-state index contributed by atoms with van der Waals surface area (Å²) >= 11 is 1.55. The zero-order valence-electron chi connectivity index (χ0n) is 11.5. The van der Waals surface area contributed by atoms with Crippen molar-refractivity contribution in [1.29, 1.82) is 0 Å². The van der Waals surface area contributed by atoms with E-state index in [0.29, 0.717) is 18.0 Å². The van der Waals surface area contributed by atoms with Crippen LogP contribution in [0.15, 0.2) is 47.4 Å². The minimum Gasteiger partial charge on any atom is -0.478 e. The SMILES string of the molecule is O=C(O)c1ccc2c(c1)N(C(=O)c1ccccc1F)CCS2. The van der Waals surface area contributed by atoms with Crippen molar-refractivity contribution in [3.63, 3.8) is 0 Å². The predicted octanol–water partition coefficient (Wildman–Crippen LogP) is 3.28. The average Bonchev–Trinajstić information content (AvgIpc) is 2.53. The van der Waals surface area contributed by atoms with Gasteiger partial charge in [-0.3, -0.25) is 4.79 Å². The van der Waals surface area contributed by atoms with E-state index in [0.717, 1.165) is 4.90 Å². The van der Waals surface area contributed by atoms with Crippen LogP contribution in [0, 0.1) is 5.82 Å². The lowest BCUT2D eigenvalue weighted by molar-refractivity contribution is 0.0696. The van der Waals surface area contributed by atoms with Crippen molar-refractivity contribution in [1.82, 2.24) is 0 Å². The molecular formula is C16H12FNO3S. The van der Waals surface area contributed by atoms with E-state index in [-0.39, 0.29) is 11.1 Å². The summed E-state index contributed by atoms with van der Waals surface area (Å²) < 4.78 is 13.8. The lowest BCUT2D eigenvalue weighted by Crippen LogP contribution is -2.36. The highest BCUT2D eigenvalue weighted by atomic mass is 32.2. The zero-order valence-corrected chi connectivity index (χ0v) is 12.3. The number of anilines is 1. The lowest BCUT2D eigenvalue weighted by atomic mass is 10.1. The average molecular weight is 317 g/mol. The van der Waals surface area contributed by atoms with Gasteiger partial charge < -0.3 is 10.0 Å². The molecule has 3 rings (SSSR count). The van der Waals surface area contributed by atoms with Crippen molar-refractivity contribution < 1.29 is 19.1 Å². The second kappa shape index (κ2) is 5.81. The smallest absolute Gasteiger partial charge is 0.335 e. The van der Waals surface area contributed by atoms with Crippen LogP contribution in [0.5, 0.6) is 0 Å². The number of hydrogen-bond acceptors (Lipinski definition) is 3. The molecule has 4 nitrogen and oxygen atoms in total. The molecule has 1 aliphatic heterocycles. The molecule has 0 radical (unpaired) electrons. The molecule has 0 saturated heterocycles. The van der Waals surface area contributed by atoms with E-state index in [2.05, 4.69) is 0 Å². The van der Waals surface area contributed by atoms with Gasteiger partial charge in [0, 0.05) is 17.2 Å². The molecule has 0 spiro atoms. The van der Waals surface area contributed by atoms with Crippen LogP contribution < -0.4 is 4.90 Å². The van der Waals surface area contributed by atoms with Gasteiger partial charge in [-0.25, -0.2) is 9.18 Å². The molecule has 1 N–H and O–H groups in total. The highest BCUT2D eigenvalue weighted by Crippen LogP contribution is 2.36. The van der Waals surface area contributed by atoms with Crippen molar-refractivity contribution in [2.24, 2.45) is 0 Å². The third-order valence-corrected chi connectivity index (χ3v) is 4.46. The molecule has 0 saturated carbocycles. The number of nitrogens with zero attached hydrogens (tertiary/aromatic N) is 1. The molecule has 0 unspecified atom stereocenters. The molecule has 0 aliphatic carbocycles. The van der Waals surface area contributed by atoms with Crippen molar-refractivity contribution in [3.8, 4) is 0 Å². The van der Waals surface area contributed by atoms with Gasteiger partial charge >= 0.3 is 5.97 Å². The number of amides is 1. The van der Waals surface area contributed by atoms with Gasteiger partial charge in [0.2, 0.25) is 0 Å². The maximum Gasteiger partial charge on any atom is 0.335 e.